The van der Waals surface area contributed by atoms with Crippen molar-refractivity contribution in [3.05, 3.63) is 0 Å². The van der Waals surface area contributed by atoms with Gasteiger partial charge in [-0.25, -0.2) is 0 Å². The van der Waals surface area contributed by atoms with Crippen molar-refractivity contribution in [2.45, 2.75) is 70.4 Å². The van der Waals surface area contributed by atoms with Crippen LogP contribution in [0.5, 0.6) is 0 Å². The number of nitrogens with zero attached hydrogens (tertiary/aromatic N) is 3. The summed E-state index contributed by atoms with van der Waals surface area (Å²) in [6, 6.07) is 1.78. The van der Waals surface area contributed by atoms with Gasteiger partial charge in [0.2, 0.25) is 0 Å². The molecular weight excluding hydrogens is 282 g/mol. The van der Waals surface area contributed by atoms with Crippen molar-refractivity contribution >= 4 is 0 Å². The maximum absolute atomic E-state index is 2.86. The van der Waals surface area contributed by atoms with Crippen LogP contribution >= 0.6 is 0 Å². The monoisotopic (exact) mass is 319 g/mol. The van der Waals surface area contributed by atoms with Gasteiger partial charge in [0.05, 0.1) is 0 Å². The minimum absolute atomic E-state index is 0.782. The first kappa shape index (κ1) is 16.4. The van der Waals surface area contributed by atoms with Gasteiger partial charge in [-0.1, -0.05) is 6.92 Å². The Morgan fingerprint density at radius 1 is 0.696 bits per heavy atom. The second-order valence-corrected chi connectivity index (χ2v) is 9.35. The van der Waals surface area contributed by atoms with E-state index < -0.39 is 0 Å². The third-order valence-corrected chi connectivity index (χ3v) is 7.64. The molecular formula is C20H37N3. The molecule has 3 saturated heterocycles. The minimum Gasteiger partial charge on any atom is -0.306 e. The fraction of sp³-hybridized carbons (Fsp3) is 1.00. The van der Waals surface area contributed by atoms with Crippen molar-refractivity contribution in [2.24, 2.45) is 11.3 Å². The molecule has 4 aliphatic rings. The zero-order valence-electron chi connectivity index (χ0n) is 15.5. The van der Waals surface area contributed by atoms with Gasteiger partial charge >= 0.3 is 0 Å². The van der Waals surface area contributed by atoms with Crippen molar-refractivity contribution in [2.75, 3.05) is 46.3 Å². The van der Waals surface area contributed by atoms with Crippen molar-refractivity contribution in [1.29, 1.82) is 0 Å². The van der Waals surface area contributed by atoms with Crippen LogP contribution in [0.3, 0.4) is 0 Å². The highest BCUT2D eigenvalue weighted by atomic mass is 15.2. The molecule has 0 radical (unpaired) electrons. The van der Waals surface area contributed by atoms with Gasteiger partial charge in [-0.15, -0.1) is 0 Å². The lowest BCUT2D eigenvalue weighted by Crippen LogP contribution is -2.54. The van der Waals surface area contributed by atoms with Crippen molar-refractivity contribution in [3.8, 4) is 0 Å². The summed E-state index contributed by atoms with van der Waals surface area (Å²) in [5, 5.41) is 0. The van der Waals surface area contributed by atoms with E-state index >= 15 is 0 Å². The van der Waals surface area contributed by atoms with Crippen molar-refractivity contribution in [3.63, 3.8) is 0 Å². The molecule has 0 aromatic rings. The highest BCUT2D eigenvalue weighted by Crippen LogP contribution is 2.52. The molecule has 23 heavy (non-hydrogen) atoms. The smallest absolute Gasteiger partial charge is 0.0120 e. The second kappa shape index (κ2) is 6.65. The third kappa shape index (κ3) is 3.48. The lowest BCUT2D eigenvalue weighted by Gasteiger charge is -2.53. The minimum atomic E-state index is 0.782. The fourth-order valence-corrected chi connectivity index (χ4v) is 6.17. The van der Waals surface area contributed by atoms with Crippen molar-refractivity contribution < 1.29 is 0 Å². The van der Waals surface area contributed by atoms with E-state index in [1.807, 2.05) is 0 Å². The second-order valence-electron chi connectivity index (χ2n) is 9.35. The van der Waals surface area contributed by atoms with Gasteiger partial charge in [-0.3, -0.25) is 0 Å². The highest BCUT2D eigenvalue weighted by Gasteiger charge is 2.44. The Kier molecular flexibility index (Phi) is 4.73. The van der Waals surface area contributed by atoms with E-state index in [2.05, 4.69) is 28.7 Å². The lowest BCUT2D eigenvalue weighted by atomic mass is 9.58. The summed E-state index contributed by atoms with van der Waals surface area (Å²) in [4.78, 5) is 8.18. The van der Waals surface area contributed by atoms with Gasteiger partial charge < -0.3 is 14.7 Å². The largest absolute Gasteiger partial charge is 0.306 e. The van der Waals surface area contributed by atoms with Crippen LogP contribution in [-0.2, 0) is 0 Å². The van der Waals surface area contributed by atoms with Crippen LogP contribution in [0.1, 0.15) is 58.3 Å². The number of rotatable bonds is 2. The van der Waals surface area contributed by atoms with Gasteiger partial charge in [0.15, 0.2) is 0 Å². The molecule has 4 rings (SSSR count). The maximum atomic E-state index is 2.86. The Bertz CT molecular complexity index is 378. The SMILES string of the molecule is CC1CC2(CCN(C3CCN(C4CCN(C)CC4)CC3)CC2)C1. The molecule has 3 heteroatoms. The first-order valence-corrected chi connectivity index (χ1v) is 10.3. The normalized spacial score (nSPS) is 33.1. The zero-order valence-corrected chi connectivity index (χ0v) is 15.5. The Morgan fingerprint density at radius 2 is 1.17 bits per heavy atom. The van der Waals surface area contributed by atoms with Crippen molar-refractivity contribution in [1.82, 2.24) is 14.7 Å². The Morgan fingerprint density at radius 3 is 1.70 bits per heavy atom. The summed E-state index contributed by atoms with van der Waals surface area (Å²) < 4.78 is 0. The molecule has 0 amide bonds. The van der Waals surface area contributed by atoms with Crippen LogP contribution in [0.4, 0.5) is 0 Å². The van der Waals surface area contributed by atoms with Gasteiger partial charge in [-0.05, 0) is 109 Å². The lowest BCUT2D eigenvalue weighted by molar-refractivity contribution is -0.0296. The zero-order chi connectivity index (χ0) is 15.9. The molecule has 3 nitrogen and oxygen atoms in total. The predicted octanol–water partition coefficient (Wildman–Crippen LogP) is 3.06. The first-order valence-electron chi connectivity index (χ1n) is 10.3. The molecule has 1 spiro atoms. The van der Waals surface area contributed by atoms with E-state index in [4.69, 9.17) is 0 Å². The van der Waals surface area contributed by atoms with Gasteiger partial charge in [0.1, 0.15) is 0 Å². The summed E-state index contributed by atoms with van der Waals surface area (Å²) >= 11 is 0. The van der Waals surface area contributed by atoms with E-state index in [-0.39, 0.29) is 0 Å². The van der Waals surface area contributed by atoms with Gasteiger partial charge in [0.25, 0.3) is 0 Å². The van der Waals surface area contributed by atoms with E-state index in [0.717, 1.165) is 23.4 Å². The molecule has 0 bridgehead atoms. The molecule has 4 fully saturated rings. The van der Waals surface area contributed by atoms with E-state index in [1.165, 1.54) is 90.6 Å². The molecule has 1 aliphatic carbocycles. The molecule has 0 aromatic carbocycles. The molecule has 0 atom stereocenters. The van der Waals surface area contributed by atoms with Gasteiger partial charge in [-0.2, -0.15) is 0 Å². The van der Waals surface area contributed by atoms with Crippen LogP contribution in [-0.4, -0.2) is 73.1 Å². The molecule has 132 valence electrons. The topological polar surface area (TPSA) is 9.72 Å². The summed E-state index contributed by atoms with van der Waals surface area (Å²) in [5.41, 5.74) is 0.782. The number of hydrogen-bond donors (Lipinski definition) is 0. The molecule has 0 unspecified atom stereocenters. The number of piperidine rings is 3. The van der Waals surface area contributed by atoms with Crippen LogP contribution < -0.4 is 0 Å². The summed E-state index contributed by atoms with van der Waals surface area (Å²) in [7, 11) is 2.27. The molecule has 0 N–H and O–H groups in total. The Balaban J connectivity index is 1.21. The van der Waals surface area contributed by atoms with Gasteiger partial charge in [0, 0.05) is 12.1 Å². The number of hydrogen-bond acceptors (Lipinski definition) is 3. The van der Waals surface area contributed by atoms with E-state index in [0.29, 0.717) is 0 Å². The Labute approximate surface area is 143 Å². The highest BCUT2D eigenvalue weighted by molar-refractivity contribution is 4.97. The maximum Gasteiger partial charge on any atom is 0.0120 e. The van der Waals surface area contributed by atoms with Crippen LogP contribution in [0.15, 0.2) is 0 Å². The van der Waals surface area contributed by atoms with Crippen LogP contribution in [0, 0.1) is 11.3 Å². The Hall–Kier alpha value is -0.120. The number of likely N-dealkylation sites (tertiary alicyclic amines) is 3. The molecule has 3 aliphatic heterocycles. The average Bonchev–Trinajstić information content (AvgIpc) is 2.55. The van der Waals surface area contributed by atoms with Crippen LogP contribution in [0.2, 0.25) is 0 Å². The average molecular weight is 320 g/mol. The molecule has 1 saturated carbocycles. The van der Waals surface area contributed by atoms with E-state index in [9.17, 15) is 0 Å². The quantitative estimate of drug-likeness (QED) is 0.774. The first-order chi connectivity index (χ1) is 11.1. The predicted molar refractivity (Wildman–Crippen MR) is 96.8 cm³/mol. The van der Waals surface area contributed by atoms with Crippen LogP contribution in [0.25, 0.3) is 0 Å². The fourth-order valence-electron chi connectivity index (χ4n) is 6.17. The third-order valence-electron chi connectivity index (χ3n) is 7.64. The summed E-state index contributed by atoms with van der Waals surface area (Å²) in [6.07, 6.45) is 11.7. The van der Waals surface area contributed by atoms with E-state index in [1.54, 1.807) is 0 Å². The summed E-state index contributed by atoms with van der Waals surface area (Å²) in [6.45, 7) is 10.6. The summed E-state index contributed by atoms with van der Waals surface area (Å²) in [5.74, 6) is 1.01. The molecule has 0 aromatic heterocycles. The molecule has 3 heterocycles. The standard InChI is InChI=1S/C20H37N3/c1-17-15-20(16-17)7-13-23(14-8-20)19-5-11-22(12-6-19)18-3-9-21(2)10-4-18/h17-19H,3-16H2,1-2H3.